The maximum atomic E-state index is 5.98. The van der Waals surface area contributed by atoms with Gasteiger partial charge >= 0.3 is 0 Å². The number of benzene rings is 1. The first-order valence-electron chi connectivity index (χ1n) is 7.39. The lowest BCUT2D eigenvalue weighted by Gasteiger charge is -2.26. The van der Waals surface area contributed by atoms with Crippen LogP contribution in [0, 0.1) is 0 Å². The summed E-state index contributed by atoms with van der Waals surface area (Å²) in [5.74, 6) is 1.62. The van der Waals surface area contributed by atoms with Crippen LogP contribution in [-0.2, 0) is 10.3 Å². The molecule has 0 bridgehead atoms. The molecule has 4 nitrogen and oxygen atoms in total. The first kappa shape index (κ1) is 13.7. The Morgan fingerprint density at radius 2 is 2.25 bits per heavy atom. The third-order valence-electron chi connectivity index (χ3n) is 4.35. The van der Waals surface area contributed by atoms with Gasteiger partial charge < -0.3 is 19.5 Å². The van der Waals surface area contributed by atoms with Crippen LogP contribution in [0.25, 0.3) is 0 Å². The van der Waals surface area contributed by atoms with Gasteiger partial charge in [0.1, 0.15) is 6.10 Å². The largest absolute Gasteiger partial charge is 0.493 e. The molecule has 0 radical (unpaired) electrons. The van der Waals surface area contributed by atoms with Gasteiger partial charge in [-0.05, 0) is 44.0 Å². The van der Waals surface area contributed by atoms with E-state index in [4.69, 9.17) is 14.2 Å². The zero-order valence-electron chi connectivity index (χ0n) is 12.3. The number of rotatable bonds is 4. The van der Waals surface area contributed by atoms with Crippen molar-refractivity contribution in [3.05, 3.63) is 23.8 Å². The van der Waals surface area contributed by atoms with E-state index in [1.54, 1.807) is 7.11 Å². The molecule has 20 heavy (non-hydrogen) atoms. The summed E-state index contributed by atoms with van der Waals surface area (Å²) < 4.78 is 16.8. The average molecular weight is 277 g/mol. The highest BCUT2D eigenvalue weighted by atomic mass is 16.6. The predicted molar refractivity (Wildman–Crippen MR) is 77.4 cm³/mol. The first-order valence-corrected chi connectivity index (χ1v) is 7.39. The molecule has 110 valence electrons. The number of methoxy groups -OCH3 is 1. The number of ether oxygens (including phenoxy) is 3. The fourth-order valence-corrected chi connectivity index (χ4v) is 3.03. The Morgan fingerprint density at radius 3 is 2.90 bits per heavy atom. The SMILES string of the molecule is COc1cc(C2(C)CCCN2)ccc1OC1CCOC1. The minimum atomic E-state index is 0.0578. The van der Waals surface area contributed by atoms with E-state index in [1.165, 1.54) is 12.0 Å². The van der Waals surface area contributed by atoms with E-state index in [1.807, 2.05) is 6.07 Å². The zero-order valence-corrected chi connectivity index (χ0v) is 12.3. The predicted octanol–water partition coefficient (Wildman–Crippen LogP) is 2.46. The minimum Gasteiger partial charge on any atom is -0.493 e. The van der Waals surface area contributed by atoms with E-state index in [0.29, 0.717) is 6.61 Å². The summed E-state index contributed by atoms with van der Waals surface area (Å²) in [7, 11) is 1.70. The molecule has 2 fully saturated rings. The normalized spacial score (nSPS) is 29.6. The molecule has 1 N–H and O–H groups in total. The molecule has 0 aliphatic carbocycles. The molecular weight excluding hydrogens is 254 g/mol. The zero-order chi connectivity index (χ0) is 14.0. The van der Waals surface area contributed by atoms with Crippen molar-refractivity contribution in [2.75, 3.05) is 26.9 Å². The second-order valence-corrected chi connectivity index (χ2v) is 5.83. The minimum absolute atomic E-state index is 0.0578. The summed E-state index contributed by atoms with van der Waals surface area (Å²) in [6.45, 7) is 4.79. The van der Waals surface area contributed by atoms with E-state index in [2.05, 4.69) is 24.4 Å². The quantitative estimate of drug-likeness (QED) is 0.917. The molecule has 0 saturated carbocycles. The lowest BCUT2D eigenvalue weighted by atomic mass is 9.90. The lowest BCUT2D eigenvalue weighted by Crippen LogP contribution is -2.33. The maximum absolute atomic E-state index is 5.98. The molecule has 0 spiro atoms. The molecule has 2 atom stereocenters. The molecule has 0 aromatic heterocycles. The molecule has 2 unspecified atom stereocenters. The van der Waals surface area contributed by atoms with Gasteiger partial charge in [0.2, 0.25) is 0 Å². The highest BCUT2D eigenvalue weighted by Crippen LogP contribution is 2.37. The van der Waals surface area contributed by atoms with E-state index in [-0.39, 0.29) is 11.6 Å². The maximum Gasteiger partial charge on any atom is 0.161 e. The fraction of sp³-hybridized carbons (Fsp3) is 0.625. The Hall–Kier alpha value is -1.26. The van der Waals surface area contributed by atoms with E-state index >= 15 is 0 Å². The summed E-state index contributed by atoms with van der Waals surface area (Å²) in [5, 5.41) is 3.58. The van der Waals surface area contributed by atoms with E-state index in [9.17, 15) is 0 Å². The second-order valence-electron chi connectivity index (χ2n) is 5.83. The highest BCUT2D eigenvalue weighted by Gasteiger charge is 2.31. The first-order chi connectivity index (χ1) is 9.71. The van der Waals surface area contributed by atoms with Gasteiger partial charge in [-0.2, -0.15) is 0 Å². The number of hydrogen-bond donors (Lipinski definition) is 1. The van der Waals surface area contributed by atoms with Crippen molar-refractivity contribution in [1.29, 1.82) is 0 Å². The van der Waals surface area contributed by atoms with Crippen molar-refractivity contribution in [3.63, 3.8) is 0 Å². The van der Waals surface area contributed by atoms with Crippen LogP contribution >= 0.6 is 0 Å². The molecule has 4 heteroatoms. The third kappa shape index (κ3) is 2.63. The van der Waals surface area contributed by atoms with Crippen molar-refractivity contribution in [3.8, 4) is 11.5 Å². The van der Waals surface area contributed by atoms with Crippen molar-refractivity contribution in [1.82, 2.24) is 5.32 Å². The van der Waals surface area contributed by atoms with Gasteiger partial charge in [-0.25, -0.2) is 0 Å². The van der Waals surface area contributed by atoms with E-state index in [0.717, 1.165) is 37.5 Å². The molecule has 2 aliphatic rings. The van der Waals surface area contributed by atoms with Crippen LogP contribution in [0.3, 0.4) is 0 Å². The molecular formula is C16H23NO3. The van der Waals surface area contributed by atoms with E-state index < -0.39 is 0 Å². The van der Waals surface area contributed by atoms with Gasteiger partial charge in [0.15, 0.2) is 11.5 Å². The molecule has 2 saturated heterocycles. The van der Waals surface area contributed by atoms with Gasteiger partial charge in [0.25, 0.3) is 0 Å². The average Bonchev–Trinajstić information content (AvgIpc) is 3.11. The number of nitrogens with one attached hydrogen (secondary N) is 1. The monoisotopic (exact) mass is 277 g/mol. The molecule has 3 rings (SSSR count). The van der Waals surface area contributed by atoms with Crippen molar-refractivity contribution >= 4 is 0 Å². The van der Waals surface area contributed by atoms with Crippen molar-refractivity contribution < 1.29 is 14.2 Å². The Bertz CT molecular complexity index is 463. The molecule has 2 aliphatic heterocycles. The summed E-state index contributed by atoms with van der Waals surface area (Å²) in [6.07, 6.45) is 3.47. The highest BCUT2D eigenvalue weighted by molar-refractivity contribution is 5.45. The standard InChI is InChI=1S/C16H23NO3/c1-16(7-3-8-17-16)12-4-5-14(15(10-12)18-2)20-13-6-9-19-11-13/h4-5,10,13,17H,3,6-9,11H2,1-2H3. The van der Waals surface area contributed by atoms with Gasteiger partial charge in [-0.15, -0.1) is 0 Å². The second kappa shape index (κ2) is 5.62. The smallest absolute Gasteiger partial charge is 0.161 e. The summed E-state index contributed by atoms with van der Waals surface area (Å²) in [6, 6.07) is 6.27. The van der Waals surface area contributed by atoms with Crippen LogP contribution in [0.2, 0.25) is 0 Å². The summed E-state index contributed by atoms with van der Waals surface area (Å²) >= 11 is 0. The Kier molecular flexibility index (Phi) is 3.85. The Balaban J connectivity index is 1.81. The van der Waals surface area contributed by atoms with Crippen molar-refractivity contribution in [2.45, 2.75) is 37.8 Å². The van der Waals surface area contributed by atoms with Crippen LogP contribution in [0.5, 0.6) is 11.5 Å². The van der Waals surface area contributed by atoms with Gasteiger partial charge in [0, 0.05) is 12.0 Å². The van der Waals surface area contributed by atoms with Crippen LogP contribution < -0.4 is 14.8 Å². The Labute approximate surface area is 120 Å². The molecule has 2 heterocycles. The molecule has 0 amide bonds. The van der Waals surface area contributed by atoms with Gasteiger partial charge in [-0.3, -0.25) is 0 Å². The topological polar surface area (TPSA) is 39.7 Å². The van der Waals surface area contributed by atoms with Crippen LogP contribution in [0.4, 0.5) is 0 Å². The molecule has 1 aromatic rings. The summed E-state index contributed by atoms with van der Waals surface area (Å²) in [4.78, 5) is 0. The van der Waals surface area contributed by atoms with Crippen LogP contribution in [-0.4, -0.2) is 33.0 Å². The lowest BCUT2D eigenvalue weighted by molar-refractivity contribution is 0.138. The number of hydrogen-bond acceptors (Lipinski definition) is 4. The summed E-state index contributed by atoms with van der Waals surface area (Å²) in [5.41, 5.74) is 1.32. The third-order valence-corrected chi connectivity index (χ3v) is 4.35. The Morgan fingerprint density at radius 1 is 1.35 bits per heavy atom. The van der Waals surface area contributed by atoms with Crippen LogP contribution in [0.15, 0.2) is 18.2 Å². The van der Waals surface area contributed by atoms with Crippen molar-refractivity contribution in [2.24, 2.45) is 0 Å². The fourth-order valence-electron chi connectivity index (χ4n) is 3.03. The van der Waals surface area contributed by atoms with Gasteiger partial charge in [-0.1, -0.05) is 6.07 Å². The van der Waals surface area contributed by atoms with Gasteiger partial charge in [0.05, 0.1) is 20.3 Å². The molecule has 1 aromatic carbocycles. The van der Waals surface area contributed by atoms with Crippen LogP contribution in [0.1, 0.15) is 31.7 Å².